The smallest absolute Gasteiger partial charge is 0.222 e. The molecule has 1 amide bonds. The Kier molecular flexibility index (Phi) is 6.99. The maximum Gasteiger partial charge on any atom is 0.222 e. The fourth-order valence-corrected chi connectivity index (χ4v) is 0.715. The minimum atomic E-state index is -0.426. The summed E-state index contributed by atoms with van der Waals surface area (Å²) in [5.74, 6) is -0.426. The van der Waals surface area contributed by atoms with Crippen LogP contribution in [-0.2, 0) is 4.79 Å². The molecule has 0 fully saturated rings. The lowest BCUT2D eigenvalue weighted by Crippen LogP contribution is -1.86. The van der Waals surface area contributed by atoms with Gasteiger partial charge in [0.25, 0.3) is 0 Å². The Bertz CT molecular complexity index is 204. The van der Waals surface area contributed by atoms with Crippen molar-refractivity contribution in [2.75, 3.05) is 0 Å². The topological polar surface area (TPSA) is 65.8 Å². The molecule has 0 aliphatic rings. The van der Waals surface area contributed by atoms with Gasteiger partial charge in [-0.1, -0.05) is 31.9 Å². The van der Waals surface area contributed by atoms with Crippen molar-refractivity contribution < 1.29 is 4.79 Å². The number of hydrogen-bond acceptors (Lipinski definition) is 1. The normalized spacial score (nSPS) is 9.75. The summed E-state index contributed by atoms with van der Waals surface area (Å²) in [4.78, 5) is 13.0. The molecule has 0 radical (unpaired) electrons. The number of azide groups is 1. The molecule has 0 heterocycles. The monoisotopic (exact) mass is 167 g/mol. The first kappa shape index (κ1) is 10.7. The minimum Gasteiger partial charge on any atom is -0.292 e. The zero-order chi connectivity index (χ0) is 9.23. The van der Waals surface area contributed by atoms with Crippen molar-refractivity contribution in [2.24, 2.45) is 5.11 Å². The van der Waals surface area contributed by atoms with Crippen LogP contribution in [0.3, 0.4) is 0 Å². The largest absolute Gasteiger partial charge is 0.292 e. The molecule has 0 rings (SSSR count). The highest BCUT2D eigenvalue weighted by atomic mass is 16.1. The molecule has 0 N–H and O–H groups in total. The molecule has 0 aromatic carbocycles. The fourth-order valence-electron chi connectivity index (χ4n) is 0.715. The van der Waals surface area contributed by atoms with Crippen molar-refractivity contribution in [3.05, 3.63) is 22.6 Å². The van der Waals surface area contributed by atoms with E-state index in [-0.39, 0.29) is 6.42 Å². The summed E-state index contributed by atoms with van der Waals surface area (Å²) in [6.45, 7) is 2.11. The molecule has 0 aromatic rings. The summed E-state index contributed by atoms with van der Waals surface area (Å²) in [5, 5.41) is 2.93. The van der Waals surface area contributed by atoms with Gasteiger partial charge in [0.15, 0.2) is 0 Å². The number of allylic oxidation sites excluding steroid dienone is 1. The summed E-state index contributed by atoms with van der Waals surface area (Å²) in [6, 6.07) is 0. The zero-order valence-corrected chi connectivity index (χ0v) is 7.23. The van der Waals surface area contributed by atoms with Crippen LogP contribution in [0.4, 0.5) is 0 Å². The van der Waals surface area contributed by atoms with Crippen molar-refractivity contribution >= 4 is 5.91 Å². The number of hydrogen-bond donors (Lipinski definition) is 0. The van der Waals surface area contributed by atoms with Gasteiger partial charge in [0.2, 0.25) is 5.91 Å². The minimum absolute atomic E-state index is 0.216. The number of unbranched alkanes of at least 4 members (excludes halogenated alkanes) is 2. The van der Waals surface area contributed by atoms with E-state index in [9.17, 15) is 4.79 Å². The van der Waals surface area contributed by atoms with Gasteiger partial charge in [-0.25, -0.2) is 0 Å². The molecule has 0 unspecified atom stereocenters. The molecule has 0 bridgehead atoms. The standard InChI is InChI=1S/C8H13N3O/c1-2-3-4-5-6-7-8(12)10-11-9/h5-6H,2-4,7H2,1H3. The van der Waals surface area contributed by atoms with Gasteiger partial charge >= 0.3 is 0 Å². The molecular weight excluding hydrogens is 154 g/mol. The Labute approximate surface area is 71.9 Å². The number of carbonyl (C=O) groups is 1. The van der Waals surface area contributed by atoms with Gasteiger partial charge < -0.3 is 0 Å². The van der Waals surface area contributed by atoms with Crippen LogP contribution < -0.4 is 0 Å². The van der Waals surface area contributed by atoms with Crippen molar-refractivity contribution in [2.45, 2.75) is 32.6 Å². The van der Waals surface area contributed by atoms with Gasteiger partial charge in [-0.15, -0.1) is 0 Å². The van der Waals surface area contributed by atoms with Gasteiger partial charge in [0, 0.05) is 11.3 Å². The van der Waals surface area contributed by atoms with Crippen molar-refractivity contribution in [3.8, 4) is 0 Å². The summed E-state index contributed by atoms with van der Waals surface area (Å²) < 4.78 is 0. The Morgan fingerprint density at radius 3 is 2.92 bits per heavy atom. The molecule has 0 saturated heterocycles. The van der Waals surface area contributed by atoms with Crippen LogP contribution in [0.5, 0.6) is 0 Å². The lowest BCUT2D eigenvalue weighted by molar-refractivity contribution is -0.117. The predicted molar refractivity (Wildman–Crippen MR) is 47.4 cm³/mol. The molecule has 4 heteroatoms. The van der Waals surface area contributed by atoms with Crippen LogP contribution >= 0.6 is 0 Å². The van der Waals surface area contributed by atoms with Crippen molar-refractivity contribution in [3.63, 3.8) is 0 Å². The quantitative estimate of drug-likeness (QED) is 0.204. The average Bonchev–Trinajstić information content (AvgIpc) is 2.05. The highest BCUT2D eigenvalue weighted by molar-refractivity contribution is 5.78. The number of amides is 1. The first-order chi connectivity index (χ1) is 5.81. The second-order valence-electron chi connectivity index (χ2n) is 2.40. The van der Waals surface area contributed by atoms with E-state index in [1.807, 2.05) is 6.08 Å². The van der Waals surface area contributed by atoms with E-state index in [0.717, 1.165) is 19.3 Å². The molecule has 0 spiro atoms. The summed E-state index contributed by atoms with van der Waals surface area (Å²) in [6.07, 6.45) is 7.16. The van der Waals surface area contributed by atoms with E-state index in [2.05, 4.69) is 16.9 Å². The second kappa shape index (κ2) is 7.82. The van der Waals surface area contributed by atoms with E-state index in [1.54, 1.807) is 6.08 Å². The highest BCUT2D eigenvalue weighted by Gasteiger charge is 1.90. The van der Waals surface area contributed by atoms with Gasteiger partial charge in [-0.05, 0) is 17.1 Å². The maximum atomic E-state index is 10.6. The van der Waals surface area contributed by atoms with Gasteiger partial charge in [0.05, 0.1) is 0 Å². The molecule has 12 heavy (non-hydrogen) atoms. The van der Waals surface area contributed by atoms with E-state index >= 15 is 0 Å². The Balaban J connectivity index is 3.46. The number of carbonyl (C=O) groups excluding carboxylic acids is 1. The molecule has 0 aliphatic carbocycles. The third-order valence-electron chi connectivity index (χ3n) is 1.34. The number of rotatable bonds is 5. The first-order valence-electron chi connectivity index (χ1n) is 4.04. The van der Waals surface area contributed by atoms with E-state index in [0.29, 0.717) is 0 Å². The fraction of sp³-hybridized carbons (Fsp3) is 0.625. The van der Waals surface area contributed by atoms with E-state index < -0.39 is 5.91 Å². The van der Waals surface area contributed by atoms with Crippen LogP contribution in [0, 0.1) is 0 Å². The molecule has 4 nitrogen and oxygen atoms in total. The summed E-state index contributed by atoms with van der Waals surface area (Å²) >= 11 is 0. The van der Waals surface area contributed by atoms with Gasteiger partial charge in [-0.2, -0.15) is 0 Å². The van der Waals surface area contributed by atoms with Crippen LogP contribution in [0.25, 0.3) is 10.4 Å². The van der Waals surface area contributed by atoms with Crippen LogP contribution in [0.2, 0.25) is 0 Å². The van der Waals surface area contributed by atoms with Crippen molar-refractivity contribution in [1.82, 2.24) is 0 Å². The van der Waals surface area contributed by atoms with Gasteiger partial charge in [0.1, 0.15) is 0 Å². The molecular formula is C8H13N3O. The Morgan fingerprint density at radius 1 is 1.58 bits per heavy atom. The summed E-state index contributed by atoms with van der Waals surface area (Å²) in [5.41, 5.74) is 7.89. The highest BCUT2D eigenvalue weighted by Crippen LogP contribution is 1.96. The average molecular weight is 167 g/mol. The maximum absolute atomic E-state index is 10.6. The van der Waals surface area contributed by atoms with E-state index in [1.165, 1.54) is 0 Å². The molecule has 0 atom stereocenters. The van der Waals surface area contributed by atoms with Gasteiger partial charge in [-0.3, -0.25) is 4.79 Å². The van der Waals surface area contributed by atoms with Crippen LogP contribution in [0.15, 0.2) is 17.3 Å². The molecule has 66 valence electrons. The number of nitrogens with zero attached hydrogens (tertiary/aromatic N) is 3. The van der Waals surface area contributed by atoms with E-state index in [4.69, 9.17) is 5.53 Å². The first-order valence-corrected chi connectivity index (χ1v) is 4.04. The SMILES string of the molecule is CCCCC=CCC(=O)N=[N+]=[N-]. The molecule has 0 aromatic heterocycles. The lowest BCUT2D eigenvalue weighted by Gasteiger charge is -1.87. The lowest BCUT2D eigenvalue weighted by atomic mass is 10.2. The molecule has 0 aliphatic heterocycles. The molecule has 0 saturated carbocycles. The predicted octanol–water partition coefficient (Wildman–Crippen LogP) is 2.96. The second-order valence-corrected chi connectivity index (χ2v) is 2.40. The van der Waals surface area contributed by atoms with Crippen molar-refractivity contribution in [1.29, 1.82) is 0 Å². The zero-order valence-electron chi connectivity index (χ0n) is 7.23. The van der Waals surface area contributed by atoms with Crippen LogP contribution in [-0.4, -0.2) is 5.91 Å². The third-order valence-corrected chi connectivity index (χ3v) is 1.34. The Hall–Kier alpha value is -1.28. The third kappa shape index (κ3) is 6.83. The summed E-state index contributed by atoms with van der Waals surface area (Å²) in [7, 11) is 0. The Morgan fingerprint density at radius 2 is 2.33 bits per heavy atom. The van der Waals surface area contributed by atoms with Crippen LogP contribution in [0.1, 0.15) is 32.6 Å².